The van der Waals surface area contributed by atoms with Crippen LogP contribution in [-0.2, 0) is 9.59 Å². The van der Waals surface area contributed by atoms with Gasteiger partial charge in [0, 0.05) is 11.3 Å². The molecule has 1 atom stereocenters. The molecule has 0 saturated carbocycles. The number of hydrogen-bond acceptors (Lipinski definition) is 2. The zero-order chi connectivity index (χ0) is 14.0. The van der Waals surface area contributed by atoms with Crippen molar-refractivity contribution < 1.29 is 9.59 Å². The SMILES string of the molecule is CCCCCC[C@@H](C=O)C/C=C/C(=O)C(C)(C)C. The van der Waals surface area contributed by atoms with E-state index in [-0.39, 0.29) is 17.1 Å². The zero-order valence-corrected chi connectivity index (χ0v) is 12.4. The fourth-order valence-corrected chi connectivity index (χ4v) is 1.67. The van der Waals surface area contributed by atoms with Gasteiger partial charge in [0.15, 0.2) is 5.78 Å². The Bertz CT molecular complexity index is 271. The summed E-state index contributed by atoms with van der Waals surface area (Å²) in [6.07, 6.45) is 10.9. The highest BCUT2D eigenvalue weighted by atomic mass is 16.1. The fourth-order valence-electron chi connectivity index (χ4n) is 1.67. The minimum Gasteiger partial charge on any atom is -0.303 e. The maximum absolute atomic E-state index is 11.7. The van der Waals surface area contributed by atoms with E-state index < -0.39 is 0 Å². The van der Waals surface area contributed by atoms with Crippen LogP contribution in [0.1, 0.15) is 66.2 Å². The standard InChI is InChI=1S/C16H28O2/c1-5-6-7-8-10-14(13-17)11-9-12-15(18)16(2,3)4/h9,12-14H,5-8,10-11H2,1-4H3/b12-9+/t14-/m1/s1. The van der Waals surface area contributed by atoms with Crippen LogP contribution in [0.2, 0.25) is 0 Å². The lowest BCUT2D eigenvalue weighted by molar-refractivity contribution is -0.121. The summed E-state index contributed by atoms with van der Waals surface area (Å²) in [6.45, 7) is 7.89. The molecule has 0 bridgehead atoms. The number of hydrogen-bond donors (Lipinski definition) is 0. The molecule has 0 saturated heterocycles. The second kappa shape index (κ2) is 9.07. The number of aldehydes is 1. The van der Waals surface area contributed by atoms with E-state index in [2.05, 4.69) is 6.92 Å². The molecule has 0 aliphatic rings. The Labute approximate surface area is 112 Å². The summed E-state index contributed by atoms with van der Waals surface area (Å²) in [6, 6.07) is 0. The normalized spacial score (nSPS) is 13.8. The highest BCUT2D eigenvalue weighted by molar-refractivity contribution is 5.93. The van der Waals surface area contributed by atoms with Gasteiger partial charge in [0.25, 0.3) is 0 Å². The van der Waals surface area contributed by atoms with Crippen molar-refractivity contribution in [2.75, 3.05) is 0 Å². The average Bonchev–Trinajstić information content (AvgIpc) is 2.30. The van der Waals surface area contributed by atoms with Gasteiger partial charge >= 0.3 is 0 Å². The average molecular weight is 252 g/mol. The van der Waals surface area contributed by atoms with Crippen LogP contribution >= 0.6 is 0 Å². The van der Waals surface area contributed by atoms with E-state index in [1.54, 1.807) is 6.08 Å². The van der Waals surface area contributed by atoms with Crippen molar-refractivity contribution in [2.24, 2.45) is 11.3 Å². The van der Waals surface area contributed by atoms with Gasteiger partial charge in [-0.3, -0.25) is 4.79 Å². The van der Waals surface area contributed by atoms with Gasteiger partial charge in [-0.15, -0.1) is 0 Å². The van der Waals surface area contributed by atoms with E-state index in [1.165, 1.54) is 19.3 Å². The monoisotopic (exact) mass is 252 g/mol. The van der Waals surface area contributed by atoms with E-state index in [0.717, 1.165) is 19.1 Å². The molecule has 2 nitrogen and oxygen atoms in total. The van der Waals surface area contributed by atoms with Crippen molar-refractivity contribution in [1.82, 2.24) is 0 Å². The van der Waals surface area contributed by atoms with Crippen LogP contribution in [0, 0.1) is 11.3 Å². The number of carbonyl (C=O) groups excluding carboxylic acids is 2. The maximum atomic E-state index is 11.7. The minimum atomic E-state index is -0.325. The molecule has 18 heavy (non-hydrogen) atoms. The van der Waals surface area contributed by atoms with Crippen molar-refractivity contribution in [3.63, 3.8) is 0 Å². The highest BCUT2D eigenvalue weighted by Crippen LogP contribution is 2.17. The first kappa shape index (κ1) is 17.1. The lowest BCUT2D eigenvalue weighted by atomic mass is 9.90. The molecule has 0 unspecified atom stereocenters. The first-order valence-corrected chi connectivity index (χ1v) is 7.08. The predicted octanol–water partition coefficient (Wildman–Crippen LogP) is 4.33. The number of unbranched alkanes of at least 4 members (excludes halogenated alkanes) is 3. The molecule has 0 aromatic carbocycles. The van der Waals surface area contributed by atoms with E-state index in [1.807, 2.05) is 26.8 Å². The Morgan fingerprint density at radius 3 is 2.33 bits per heavy atom. The third-order valence-corrected chi connectivity index (χ3v) is 3.07. The topological polar surface area (TPSA) is 34.1 Å². The third-order valence-electron chi connectivity index (χ3n) is 3.07. The molecule has 0 rings (SSSR count). The Balaban J connectivity index is 3.96. The molecule has 0 aromatic rings. The molecular formula is C16H28O2. The number of rotatable bonds is 9. The second-order valence-corrected chi connectivity index (χ2v) is 6.00. The number of ketones is 1. The zero-order valence-electron chi connectivity index (χ0n) is 12.4. The Morgan fingerprint density at radius 1 is 1.17 bits per heavy atom. The molecule has 0 aromatic heterocycles. The first-order chi connectivity index (χ1) is 8.41. The summed E-state index contributed by atoms with van der Waals surface area (Å²) in [5.74, 6) is 0.198. The molecule has 0 radical (unpaired) electrons. The molecule has 0 fully saturated rings. The van der Waals surface area contributed by atoms with Gasteiger partial charge in [-0.25, -0.2) is 0 Å². The van der Waals surface area contributed by atoms with Crippen LogP contribution in [-0.4, -0.2) is 12.1 Å². The van der Waals surface area contributed by atoms with Gasteiger partial charge in [-0.2, -0.15) is 0 Å². The van der Waals surface area contributed by atoms with E-state index in [0.29, 0.717) is 6.42 Å². The van der Waals surface area contributed by atoms with Crippen LogP contribution < -0.4 is 0 Å². The summed E-state index contributed by atoms with van der Waals surface area (Å²) in [5.41, 5.74) is -0.325. The molecule has 104 valence electrons. The van der Waals surface area contributed by atoms with Crippen LogP contribution in [0.25, 0.3) is 0 Å². The first-order valence-electron chi connectivity index (χ1n) is 7.08. The summed E-state index contributed by atoms with van der Waals surface area (Å²) >= 11 is 0. The van der Waals surface area contributed by atoms with Crippen LogP contribution in [0.3, 0.4) is 0 Å². The molecule has 0 amide bonds. The van der Waals surface area contributed by atoms with E-state index in [4.69, 9.17) is 0 Å². The summed E-state index contributed by atoms with van der Waals surface area (Å²) in [4.78, 5) is 22.6. The smallest absolute Gasteiger partial charge is 0.160 e. The van der Waals surface area contributed by atoms with Gasteiger partial charge < -0.3 is 4.79 Å². The van der Waals surface area contributed by atoms with Gasteiger partial charge in [0.1, 0.15) is 6.29 Å². The summed E-state index contributed by atoms with van der Waals surface area (Å²) < 4.78 is 0. The second-order valence-electron chi connectivity index (χ2n) is 6.00. The molecule has 0 N–H and O–H groups in total. The Hall–Kier alpha value is -0.920. The Kier molecular flexibility index (Phi) is 8.61. The molecular weight excluding hydrogens is 224 g/mol. The molecule has 0 heterocycles. The quantitative estimate of drug-likeness (QED) is 0.347. The number of allylic oxidation sites excluding steroid dienone is 2. The predicted molar refractivity (Wildman–Crippen MR) is 76.5 cm³/mol. The van der Waals surface area contributed by atoms with Crippen molar-refractivity contribution in [3.8, 4) is 0 Å². The third kappa shape index (κ3) is 8.21. The lowest BCUT2D eigenvalue weighted by Crippen LogP contribution is -2.17. The van der Waals surface area contributed by atoms with E-state index in [9.17, 15) is 9.59 Å². The van der Waals surface area contributed by atoms with Gasteiger partial charge in [-0.1, -0.05) is 59.5 Å². The lowest BCUT2D eigenvalue weighted by Gasteiger charge is -2.13. The minimum absolute atomic E-state index is 0.0749. The molecule has 0 aliphatic carbocycles. The van der Waals surface area contributed by atoms with Gasteiger partial charge in [0.2, 0.25) is 0 Å². The van der Waals surface area contributed by atoms with E-state index >= 15 is 0 Å². The van der Waals surface area contributed by atoms with Crippen molar-refractivity contribution >= 4 is 12.1 Å². The van der Waals surface area contributed by atoms with Crippen molar-refractivity contribution in [2.45, 2.75) is 66.2 Å². The number of carbonyl (C=O) groups is 2. The van der Waals surface area contributed by atoms with Crippen LogP contribution in [0.5, 0.6) is 0 Å². The molecule has 2 heteroatoms. The highest BCUT2D eigenvalue weighted by Gasteiger charge is 2.17. The summed E-state index contributed by atoms with van der Waals surface area (Å²) in [5, 5.41) is 0. The van der Waals surface area contributed by atoms with Gasteiger partial charge in [0.05, 0.1) is 0 Å². The van der Waals surface area contributed by atoms with Crippen molar-refractivity contribution in [3.05, 3.63) is 12.2 Å². The van der Waals surface area contributed by atoms with Crippen LogP contribution in [0.15, 0.2) is 12.2 Å². The fraction of sp³-hybridized carbons (Fsp3) is 0.750. The largest absolute Gasteiger partial charge is 0.303 e. The Morgan fingerprint density at radius 2 is 1.83 bits per heavy atom. The van der Waals surface area contributed by atoms with Crippen LogP contribution in [0.4, 0.5) is 0 Å². The summed E-state index contributed by atoms with van der Waals surface area (Å²) in [7, 11) is 0. The van der Waals surface area contributed by atoms with Gasteiger partial charge in [-0.05, 0) is 18.9 Å². The molecule has 0 spiro atoms. The maximum Gasteiger partial charge on any atom is 0.160 e. The van der Waals surface area contributed by atoms with Crippen molar-refractivity contribution in [1.29, 1.82) is 0 Å². The molecule has 0 aliphatic heterocycles.